The first kappa shape index (κ1) is 15.1. The van der Waals surface area contributed by atoms with Crippen molar-refractivity contribution in [2.75, 3.05) is 12.4 Å². The third-order valence-corrected chi connectivity index (χ3v) is 3.00. The smallest absolute Gasteiger partial charge is 0.182 e. The van der Waals surface area contributed by atoms with Crippen molar-refractivity contribution in [2.24, 2.45) is 5.73 Å². The zero-order chi connectivity index (χ0) is 15.6. The van der Waals surface area contributed by atoms with Crippen LogP contribution in [0, 0.1) is 17.5 Å². The maximum atomic E-state index is 13.9. The first-order valence-corrected chi connectivity index (χ1v) is 6.23. The Balaban J connectivity index is 2.34. The molecule has 2 aromatic carbocycles. The molecule has 0 spiro atoms. The van der Waals surface area contributed by atoms with Crippen LogP contribution in [0.15, 0.2) is 30.3 Å². The van der Waals surface area contributed by atoms with Crippen LogP contribution in [0.5, 0.6) is 5.75 Å². The summed E-state index contributed by atoms with van der Waals surface area (Å²) in [6, 6.07) is 6.48. The van der Waals surface area contributed by atoms with Crippen molar-refractivity contribution < 1.29 is 17.9 Å². The van der Waals surface area contributed by atoms with E-state index in [0.717, 1.165) is 6.07 Å². The second-order valence-electron chi connectivity index (χ2n) is 4.13. The number of rotatable bonds is 4. The summed E-state index contributed by atoms with van der Waals surface area (Å²) in [6.45, 7) is 0. The molecule has 0 saturated carbocycles. The molecule has 0 amide bonds. The maximum Gasteiger partial charge on any atom is 0.182 e. The van der Waals surface area contributed by atoms with Gasteiger partial charge < -0.3 is 15.8 Å². The van der Waals surface area contributed by atoms with Gasteiger partial charge >= 0.3 is 0 Å². The molecule has 0 aliphatic heterocycles. The Morgan fingerprint density at radius 1 is 1.14 bits per heavy atom. The van der Waals surface area contributed by atoms with E-state index < -0.39 is 17.5 Å². The zero-order valence-corrected chi connectivity index (χ0v) is 11.7. The molecule has 0 aliphatic rings. The van der Waals surface area contributed by atoms with Crippen molar-refractivity contribution in [3.63, 3.8) is 0 Å². The Morgan fingerprint density at radius 2 is 1.86 bits per heavy atom. The number of benzene rings is 2. The Kier molecular flexibility index (Phi) is 4.32. The van der Waals surface area contributed by atoms with Gasteiger partial charge in [0.05, 0.1) is 12.8 Å². The number of hydrogen-bond donors (Lipinski definition) is 2. The Morgan fingerprint density at radius 3 is 2.43 bits per heavy atom. The summed E-state index contributed by atoms with van der Waals surface area (Å²) in [5, 5.41) is 2.58. The molecule has 0 radical (unpaired) electrons. The first-order chi connectivity index (χ1) is 9.93. The van der Waals surface area contributed by atoms with Crippen molar-refractivity contribution in [2.45, 2.75) is 0 Å². The number of nitrogens with two attached hydrogens (primary N) is 1. The number of halogens is 3. The van der Waals surface area contributed by atoms with Gasteiger partial charge in [-0.2, -0.15) is 0 Å². The van der Waals surface area contributed by atoms with Crippen LogP contribution >= 0.6 is 12.2 Å². The number of thiocarbonyl (C=S) groups is 1. The van der Waals surface area contributed by atoms with E-state index in [-0.39, 0.29) is 27.7 Å². The van der Waals surface area contributed by atoms with Crippen molar-refractivity contribution in [1.82, 2.24) is 0 Å². The minimum Gasteiger partial charge on any atom is -0.494 e. The molecule has 110 valence electrons. The van der Waals surface area contributed by atoms with Gasteiger partial charge in [-0.3, -0.25) is 0 Å². The molecule has 0 heterocycles. The van der Waals surface area contributed by atoms with E-state index >= 15 is 0 Å². The molecule has 21 heavy (non-hydrogen) atoms. The standard InChI is InChI=1S/C14H11F3N2OS/c1-20-11-5-2-7(6-9(11)15)19-10-4-3-8(14(18)21)12(16)13(10)17/h2-6,19H,1H3,(H2,18,21). The van der Waals surface area contributed by atoms with Gasteiger partial charge in [-0.15, -0.1) is 0 Å². The molecule has 2 aromatic rings. The molecular weight excluding hydrogens is 301 g/mol. The second kappa shape index (κ2) is 6.01. The van der Waals surface area contributed by atoms with Crippen LogP contribution in [0.4, 0.5) is 24.5 Å². The molecule has 0 atom stereocenters. The SMILES string of the molecule is COc1ccc(Nc2ccc(C(N)=S)c(F)c2F)cc1F. The Bertz CT molecular complexity index is 707. The van der Waals surface area contributed by atoms with E-state index in [9.17, 15) is 13.2 Å². The predicted molar refractivity (Wildman–Crippen MR) is 78.5 cm³/mol. The van der Waals surface area contributed by atoms with Gasteiger partial charge in [-0.05, 0) is 24.3 Å². The molecule has 2 rings (SSSR count). The summed E-state index contributed by atoms with van der Waals surface area (Å²) in [4.78, 5) is -0.242. The lowest BCUT2D eigenvalue weighted by atomic mass is 10.1. The lowest BCUT2D eigenvalue weighted by Crippen LogP contribution is -2.13. The first-order valence-electron chi connectivity index (χ1n) is 5.82. The fourth-order valence-electron chi connectivity index (χ4n) is 1.74. The summed E-state index contributed by atoms with van der Waals surface area (Å²) in [6.07, 6.45) is 0. The van der Waals surface area contributed by atoms with E-state index in [1.165, 1.54) is 31.4 Å². The molecule has 3 nitrogen and oxygen atoms in total. The molecule has 0 unspecified atom stereocenters. The summed E-state index contributed by atoms with van der Waals surface area (Å²) in [5.41, 5.74) is 5.18. The van der Waals surface area contributed by atoms with Gasteiger partial charge in [-0.25, -0.2) is 13.2 Å². The minimum absolute atomic E-state index is 0.0519. The number of nitrogens with one attached hydrogen (secondary N) is 1. The summed E-state index contributed by atoms with van der Waals surface area (Å²) in [7, 11) is 1.33. The Hall–Kier alpha value is -2.28. The minimum atomic E-state index is -1.15. The summed E-state index contributed by atoms with van der Waals surface area (Å²) >= 11 is 4.61. The van der Waals surface area contributed by atoms with Crippen LogP contribution < -0.4 is 15.8 Å². The predicted octanol–water partition coefficient (Wildman–Crippen LogP) is 3.49. The summed E-state index contributed by atoms with van der Waals surface area (Å²) in [5.74, 6) is -2.86. The number of methoxy groups -OCH3 is 1. The van der Waals surface area contributed by atoms with Gasteiger partial charge in [0, 0.05) is 17.3 Å². The largest absolute Gasteiger partial charge is 0.494 e. The molecule has 0 aliphatic carbocycles. The van der Waals surface area contributed by atoms with Gasteiger partial charge in [0.15, 0.2) is 23.2 Å². The fraction of sp³-hybridized carbons (Fsp3) is 0.0714. The van der Waals surface area contributed by atoms with E-state index in [4.69, 9.17) is 10.5 Å². The highest BCUT2D eigenvalue weighted by Gasteiger charge is 2.15. The summed E-state index contributed by atoms with van der Waals surface area (Å²) < 4.78 is 45.9. The number of hydrogen-bond acceptors (Lipinski definition) is 3. The van der Waals surface area contributed by atoms with Crippen LogP contribution in [0.3, 0.4) is 0 Å². The van der Waals surface area contributed by atoms with Gasteiger partial charge in [0.1, 0.15) is 4.99 Å². The van der Waals surface area contributed by atoms with Crippen LogP contribution in [0.1, 0.15) is 5.56 Å². The highest BCUT2D eigenvalue weighted by Crippen LogP contribution is 2.27. The normalized spacial score (nSPS) is 10.3. The van der Waals surface area contributed by atoms with Crippen LogP contribution in [0.2, 0.25) is 0 Å². The molecule has 0 bridgehead atoms. The highest BCUT2D eigenvalue weighted by molar-refractivity contribution is 7.80. The van der Waals surface area contributed by atoms with Crippen LogP contribution in [-0.2, 0) is 0 Å². The quantitative estimate of drug-likeness (QED) is 0.849. The number of ether oxygens (including phenoxy) is 1. The van der Waals surface area contributed by atoms with E-state index in [0.29, 0.717) is 0 Å². The van der Waals surface area contributed by atoms with Gasteiger partial charge in [-0.1, -0.05) is 12.2 Å². The molecular formula is C14H11F3N2OS. The van der Waals surface area contributed by atoms with Crippen molar-refractivity contribution in [1.29, 1.82) is 0 Å². The van der Waals surface area contributed by atoms with E-state index in [2.05, 4.69) is 17.5 Å². The van der Waals surface area contributed by atoms with Gasteiger partial charge in [0.2, 0.25) is 0 Å². The fourth-order valence-corrected chi connectivity index (χ4v) is 1.89. The third-order valence-electron chi connectivity index (χ3n) is 2.78. The average molecular weight is 312 g/mol. The van der Waals surface area contributed by atoms with Crippen molar-refractivity contribution in [3.05, 3.63) is 53.3 Å². The maximum absolute atomic E-state index is 13.9. The molecule has 3 N–H and O–H groups in total. The van der Waals surface area contributed by atoms with Crippen LogP contribution in [0.25, 0.3) is 0 Å². The van der Waals surface area contributed by atoms with Crippen molar-refractivity contribution >= 4 is 28.6 Å². The molecule has 0 saturated heterocycles. The molecule has 0 aromatic heterocycles. The van der Waals surface area contributed by atoms with Crippen molar-refractivity contribution in [3.8, 4) is 5.75 Å². The average Bonchev–Trinajstić information content (AvgIpc) is 2.44. The van der Waals surface area contributed by atoms with E-state index in [1.54, 1.807) is 0 Å². The van der Waals surface area contributed by atoms with Crippen LogP contribution in [-0.4, -0.2) is 12.1 Å². The lowest BCUT2D eigenvalue weighted by molar-refractivity contribution is 0.386. The molecule has 7 heteroatoms. The topological polar surface area (TPSA) is 47.3 Å². The number of anilines is 2. The lowest BCUT2D eigenvalue weighted by Gasteiger charge is -2.11. The third kappa shape index (κ3) is 3.08. The Labute approximate surface area is 124 Å². The monoisotopic (exact) mass is 312 g/mol. The van der Waals surface area contributed by atoms with E-state index in [1.807, 2.05) is 0 Å². The second-order valence-corrected chi connectivity index (χ2v) is 4.57. The highest BCUT2D eigenvalue weighted by atomic mass is 32.1. The molecule has 0 fully saturated rings. The van der Waals surface area contributed by atoms with Gasteiger partial charge in [0.25, 0.3) is 0 Å². The zero-order valence-electron chi connectivity index (χ0n) is 10.9.